The Hall–Kier alpha value is -2.41. The first kappa shape index (κ1) is 16.4. The molecule has 0 bridgehead atoms. The van der Waals surface area contributed by atoms with Crippen LogP contribution in [0.15, 0.2) is 41.3 Å². The summed E-state index contributed by atoms with van der Waals surface area (Å²) >= 11 is 0. The van der Waals surface area contributed by atoms with Crippen molar-refractivity contribution in [1.29, 1.82) is 0 Å². The predicted octanol–water partition coefficient (Wildman–Crippen LogP) is 2.60. The second-order valence-corrected chi connectivity index (χ2v) is 7.40. The highest BCUT2D eigenvalue weighted by molar-refractivity contribution is 7.92. The summed E-state index contributed by atoms with van der Waals surface area (Å²) in [5.41, 5.74) is 1.27. The number of hydrogen-bond donors (Lipinski definition) is 0. The topological polar surface area (TPSA) is 65.1 Å². The highest BCUT2D eigenvalue weighted by atomic mass is 32.2. The summed E-state index contributed by atoms with van der Waals surface area (Å²) in [6, 6.07) is 9.87. The van der Waals surface area contributed by atoms with E-state index >= 15 is 0 Å². The molecule has 0 radical (unpaired) electrons. The largest absolute Gasteiger partial charge is 0.496 e. The zero-order valence-electron chi connectivity index (χ0n) is 13.8. The first-order valence-corrected chi connectivity index (χ1v) is 8.90. The van der Waals surface area contributed by atoms with Crippen LogP contribution in [0.2, 0.25) is 0 Å². The van der Waals surface area contributed by atoms with Crippen LogP contribution >= 0.6 is 0 Å². The van der Waals surface area contributed by atoms with Crippen molar-refractivity contribution in [3.8, 4) is 17.2 Å². The van der Waals surface area contributed by atoms with Gasteiger partial charge in [-0.15, -0.1) is 0 Å². The monoisotopic (exact) mass is 349 g/mol. The van der Waals surface area contributed by atoms with Gasteiger partial charge in [-0.25, -0.2) is 8.42 Å². The van der Waals surface area contributed by atoms with Crippen LogP contribution in [-0.2, 0) is 10.0 Å². The Kier molecular flexibility index (Phi) is 4.28. The molecule has 0 saturated heterocycles. The molecule has 6 nitrogen and oxygen atoms in total. The van der Waals surface area contributed by atoms with Crippen LogP contribution in [0.4, 0.5) is 5.69 Å². The smallest absolute Gasteiger partial charge is 0.264 e. The lowest BCUT2D eigenvalue weighted by molar-refractivity contribution is 0.171. The van der Waals surface area contributed by atoms with E-state index in [1.165, 1.54) is 17.4 Å². The van der Waals surface area contributed by atoms with Gasteiger partial charge in [-0.05, 0) is 42.8 Å². The third-order valence-electron chi connectivity index (χ3n) is 3.91. The molecule has 0 amide bonds. The molecule has 2 aromatic carbocycles. The number of hydrogen-bond acceptors (Lipinski definition) is 5. The minimum Gasteiger partial charge on any atom is -0.496 e. The molecule has 24 heavy (non-hydrogen) atoms. The molecule has 0 aliphatic carbocycles. The van der Waals surface area contributed by atoms with Gasteiger partial charge in [-0.1, -0.05) is 0 Å². The quantitative estimate of drug-likeness (QED) is 0.849. The summed E-state index contributed by atoms with van der Waals surface area (Å²) in [5, 5.41) is 0. The summed E-state index contributed by atoms with van der Waals surface area (Å²) in [6.07, 6.45) is 0. The summed E-state index contributed by atoms with van der Waals surface area (Å²) in [5.74, 6) is 1.82. The number of benzene rings is 2. The van der Waals surface area contributed by atoms with Gasteiger partial charge in [-0.3, -0.25) is 4.31 Å². The van der Waals surface area contributed by atoms with Crippen molar-refractivity contribution in [2.75, 3.05) is 31.7 Å². The zero-order valence-corrected chi connectivity index (χ0v) is 14.6. The molecule has 0 aromatic heterocycles. The fourth-order valence-electron chi connectivity index (χ4n) is 2.54. The molecule has 0 N–H and O–H groups in total. The Morgan fingerprint density at radius 3 is 2.42 bits per heavy atom. The number of fused-ring (bicyclic) bond motifs is 1. The van der Waals surface area contributed by atoms with Crippen LogP contribution in [0.3, 0.4) is 0 Å². The van der Waals surface area contributed by atoms with Crippen molar-refractivity contribution in [3.63, 3.8) is 0 Å². The fourth-order valence-corrected chi connectivity index (χ4v) is 3.81. The maximum absolute atomic E-state index is 12.9. The standard InChI is InChI=1S/C17H19NO5S/c1-12-10-14(5-7-15(12)21-3)24(19,20)18(2)13-4-6-16-17(11-13)23-9-8-22-16/h4-7,10-11H,8-9H2,1-3H3. The number of ether oxygens (including phenoxy) is 3. The van der Waals surface area contributed by atoms with Gasteiger partial charge in [-0.2, -0.15) is 0 Å². The first-order valence-electron chi connectivity index (χ1n) is 7.46. The van der Waals surface area contributed by atoms with Gasteiger partial charge < -0.3 is 14.2 Å². The maximum atomic E-state index is 12.9. The van der Waals surface area contributed by atoms with E-state index in [0.29, 0.717) is 36.1 Å². The number of nitrogens with zero attached hydrogens (tertiary/aromatic N) is 1. The number of rotatable bonds is 4. The fraction of sp³-hybridized carbons (Fsp3) is 0.294. The van der Waals surface area contributed by atoms with Crippen LogP contribution < -0.4 is 18.5 Å². The van der Waals surface area contributed by atoms with Gasteiger partial charge in [0.05, 0.1) is 17.7 Å². The van der Waals surface area contributed by atoms with Crippen molar-refractivity contribution >= 4 is 15.7 Å². The van der Waals surface area contributed by atoms with Gasteiger partial charge in [0.1, 0.15) is 19.0 Å². The molecule has 0 atom stereocenters. The average molecular weight is 349 g/mol. The molecular weight excluding hydrogens is 330 g/mol. The van der Waals surface area contributed by atoms with E-state index in [0.717, 1.165) is 5.56 Å². The van der Waals surface area contributed by atoms with E-state index in [2.05, 4.69) is 0 Å². The molecular formula is C17H19NO5S. The number of methoxy groups -OCH3 is 1. The molecule has 0 fully saturated rings. The molecule has 0 saturated carbocycles. The Labute approximate surface area is 141 Å². The molecule has 1 heterocycles. The molecule has 1 aliphatic heterocycles. The average Bonchev–Trinajstić information content (AvgIpc) is 2.60. The summed E-state index contributed by atoms with van der Waals surface area (Å²) in [6.45, 7) is 2.75. The first-order chi connectivity index (χ1) is 11.4. The maximum Gasteiger partial charge on any atom is 0.264 e. The van der Waals surface area contributed by atoms with Crippen LogP contribution in [0.1, 0.15) is 5.56 Å². The van der Waals surface area contributed by atoms with E-state index in [4.69, 9.17) is 14.2 Å². The molecule has 3 rings (SSSR count). The van der Waals surface area contributed by atoms with Crippen LogP contribution in [0.5, 0.6) is 17.2 Å². The van der Waals surface area contributed by atoms with Gasteiger partial charge in [0.15, 0.2) is 11.5 Å². The van der Waals surface area contributed by atoms with Crippen molar-refractivity contribution in [3.05, 3.63) is 42.0 Å². The van der Waals surface area contributed by atoms with E-state index in [-0.39, 0.29) is 4.90 Å². The lowest BCUT2D eigenvalue weighted by Crippen LogP contribution is -2.27. The predicted molar refractivity (Wildman–Crippen MR) is 90.8 cm³/mol. The summed E-state index contributed by atoms with van der Waals surface area (Å²) in [7, 11) is -0.617. The third-order valence-corrected chi connectivity index (χ3v) is 5.70. The Morgan fingerprint density at radius 2 is 1.75 bits per heavy atom. The van der Waals surface area contributed by atoms with E-state index in [1.54, 1.807) is 37.4 Å². The van der Waals surface area contributed by atoms with E-state index < -0.39 is 10.0 Å². The van der Waals surface area contributed by atoms with Gasteiger partial charge >= 0.3 is 0 Å². The lowest BCUT2D eigenvalue weighted by Gasteiger charge is -2.23. The van der Waals surface area contributed by atoms with Crippen LogP contribution in [0.25, 0.3) is 0 Å². The normalized spacial score (nSPS) is 13.5. The lowest BCUT2D eigenvalue weighted by atomic mass is 10.2. The molecule has 128 valence electrons. The molecule has 0 spiro atoms. The summed E-state index contributed by atoms with van der Waals surface area (Å²) in [4.78, 5) is 0.207. The molecule has 1 aliphatic rings. The highest BCUT2D eigenvalue weighted by Crippen LogP contribution is 2.35. The van der Waals surface area contributed by atoms with Crippen molar-refractivity contribution in [1.82, 2.24) is 0 Å². The SMILES string of the molecule is COc1ccc(S(=O)(=O)N(C)c2ccc3c(c2)OCCO3)cc1C. The third kappa shape index (κ3) is 2.87. The minimum atomic E-state index is -3.68. The number of anilines is 1. The van der Waals surface area contributed by atoms with Crippen molar-refractivity contribution in [2.45, 2.75) is 11.8 Å². The van der Waals surface area contributed by atoms with Gasteiger partial charge in [0.25, 0.3) is 10.0 Å². The number of sulfonamides is 1. The highest BCUT2D eigenvalue weighted by Gasteiger charge is 2.24. The van der Waals surface area contributed by atoms with Crippen molar-refractivity contribution in [2.24, 2.45) is 0 Å². The number of aryl methyl sites for hydroxylation is 1. The second kappa shape index (κ2) is 6.24. The minimum absolute atomic E-state index is 0.207. The van der Waals surface area contributed by atoms with Crippen LogP contribution in [0, 0.1) is 6.92 Å². The van der Waals surface area contributed by atoms with Gasteiger partial charge in [0.2, 0.25) is 0 Å². The Balaban J connectivity index is 1.96. The van der Waals surface area contributed by atoms with Crippen LogP contribution in [-0.4, -0.2) is 35.8 Å². The zero-order chi connectivity index (χ0) is 17.3. The van der Waals surface area contributed by atoms with Crippen molar-refractivity contribution < 1.29 is 22.6 Å². The molecule has 2 aromatic rings. The second-order valence-electron chi connectivity index (χ2n) is 5.43. The van der Waals surface area contributed by atoms with Gasteiger partial charge in [0, 0.05) is 13.1 Å². The molecule has 7 heteroatoms. The van der Waals surface area contributed by atoms with E-state index in [9.17, 15) is 8.42 Å². The van der Waals surface area contributed by atoms with E-state index in [1.807, 2.05) is 6.92 Å². The Morgan fingerprint density at radius 1 is 1.04 bits per heavy atom. The molecule has 0 unspecified atom stereocenters. The Bertz CT molecular complexity index is 863. The summed E-state index contributed by atoms with van der Waals surface area (Å²) < 4.78 is 43.1.